The third-order valence-electron chi connectivity index (χ3n) is 17.2. The molecular weight excluding hydrogens is 1210 g/mol. The van der Waals surface area contributed by atoms with E-state index in [1.165, 1.54) is 167 Å². The number of phosphoric acid groups is 2. The van der Waals surface area contributed by atoms with Gasteiger partial charge in [-0.25, -0.2) is 9.13 Å². The van der Waals surface area contributed by atoms with Crippen LogP contribution in [0.5, 0.6) is 0 Å². The lowest BCUT2D eigenvalue weighted by atomic mass is 9.99. The fourth-order valence-electron chi connectivity index (χ4n) is 11.0. The first-order valence-corrected chi connectivity index (χ1v) is 40.7. The maximum atomic E-state index is 13.1. The minimum absolute atomic E-state index is 0.102. The molecule has 0 aliphatic heterocycles. The Kier molecular flexibility index (Phi) is 61.3. The SMILES string of the molecule is CCC(C)CCCCCCCCCCC(=O)OC[C@H](COP(=O)(O)OCC(O)COP(=O)(O)OC[C@@H](COC(=O)CCCCCCCCCCC(C)C)OC(=O)CCCCCCCCCC(C)C)OC(=O)CCCCCCCCCCCCCCCCCCC(C)C. The number of carbonyl (C=O) groups excluding carboxylic acids is 4. The Labute approximate surface area is 562 Å². The molecule has 0 rings (SSSR count). The Morgan fingerprint density at radius 1 is 0.304 bits per heavy atom. The summed E-state index contributed by atoms with van der Waals surface area (Å²) in [6.07, 6.45) is 46.0. The lowest BCUT2D eigenvalue weighted by Gasteiger charge is -2.21. The van der Waals surface area contributed by atoms with E-state index >= 15 is 0 Å². The van der Waals surface area contributed by atoms with Crippen molar-refractivity contribution < 1.29 is 80.2 Å². The van der Waals surface area contributed by atoms with Crippen LogP contribution in [0.25, 0.3) is 0 Å². The number of phosphoric ester groups is 2. The van der Waals surface area contributed by atoms with E-state index in [2.05, 4.69) is 55.4 Å². The van der Waals surface area contributed by atoms with E-state index in [4.69, 9.17) is 37.0 Å². The molecule has 17 nitrogen and oxygen atoms in total. The van der Waals surface area contributed by atoms with Gasteiger partial charge in [0.2, 0.25) is 0 Å². The summed E-state index contributed by atoms with van der Waals surface area (Å²) in [5.74, 6) is 0.881. The second-order valence-electron chi connectivity index (χ2n) is 28.0. The molecule has 0 aliphatic carbocycles. The number of unbranched alkanes of at least 4 members (excludes halogenated alkanes) is 35. The minimum atomic E-state index is -4.96. The molecule has 0 spiro atoms. The lowest BCUT2D eigenvalue weighted by molar-refractivity contribution is -0.161. The maximum absolute atomic E-state index is 13.1. The van der Waals surface area contributed by atoms with Crippen LogP contribution in [0.2, 0.25) is 0 Å². The standard InChI is InChI=1S/C73H142O17P2/c1-9-66(8)52-44-36-28-21-23-30-38-46-54-71(76)84-59-68(89-72(77)55-47-39-31-19-17-15-13-11-10-12-14-16-18-25-33-41-49-63(2)3)61-87-91(79,80)85-57-67(74)58-86-92(81,82)88-62-69(90-73(78)56-48-40-32-24-27-35-43-51-65(6)7)60-83-70(75)53-45-37-29-22-20-26-34-42-50-64(4)5/h63-69,74H,9-62H2,1-8H3,(H,79,80)(H,81,82)/t66?,67?,68-,69-/m1/s1. The van der Waals surface area contributed by atoms with Gasteiger partial charge in [-0.15, -0.1) is 0 Å². The number of hydrogen-bond acceptors (Lipinski definition) is 15. The number of aliphatic hydroxyl groups is 1. The van der Waals surface area contributed by atoms with Crippen molar-refractivity contribution >= 4 is 39.5 Å². The number of carbonyl (C=O) groups is 4. The van der Waals surface area contributed by atoms with Crippen molar-refractivity contribution in [2.75, 3.05) is 39.6 Å². The molecule has 6 atom stereocenters. The summed E-state index contributed by atoms with van der Waals surface area (Å²) in [5.41, 5.74) is 0. The predicted octanol–water partition coefficient (Wildman–Crippen LogP) is 20.9. The summed E-state index contributed by atoms with van der Waals surface area (Å²) in [6.45, 7) is 14.1. The van der Waals surface area contributed by atoms with Crippen LogP contribution in [0.1, 0.15) is 364 Å². The zero-order valence-electron chi connectivity index (χ0n) is 60.2. The van der Waals surface area contributed by atoms with Gasteiger partial charge in [-0.05, 0) is 49.4 Å². The topological polar surface area (TPSA) is 237 Å². The van der Waals surface area contributed by atoms with E-state index in [1.54, 1.807) is 0 Å². The van der Waals surface area contributed by atoms with E-state index in [0.29, 0.717) is 31.6 Å². The van der Waals surface area contributed by atoms with Crippen LogP contribution in [0, 0.1) is 23.7 Å². The quantitative estimate of drug-likeness (QED) is 0.0222. The van der Waals surface area contributed by atoms with E-state index in [-0.39, 0.29) is 25.7 Å². The first-order chi connectivity index (χ1) is 44.1. The average Bonchev–Trinajstić information content (AvgIpc) is 3.03. The summed E-state index contributed by atoms with van der Waals surface area (Å²) in [5, 5.41) is 10.6. The van der Waals surface area contributed by atoms with E-state index in [1.807, 2.05) is 0 Å². The molecule has 546 valence electrons. The summed E-state index contributed by atoms with van der Waals surface area (Å²) < 4.78 is 68.4. The van der Waals surface area contributed by atoms with Gasteiger partial charge in [0, 0.05) is 25.7 Å². The third kappa shape index (κ3) is 65.4. The van der Waals surface area contributed by atoms with Crippen LogP contribution in [0.4, 0.5) is 0 Å². The molecule has 0 amide bonds. The molecular formula is C73H142O17P2. The molecule has 0 heterocycles. The molecule has 0 fully saturated rings. The Morgan fingerprint density at radius 3 is 0.772 bits per heavy atom. The highest BCUT2D eigenvalue weighted by atomic mass is 31.2. The molecule has 0 aliphatic rings. The molecule has 0 saturated heterocycles. The molecule has 92 heavy (non-hydrogen) atoms. The number of ether oxygens (including phenoxy) is 4. The molecule has 0 saturated carbocycles. The third-order valence-corrected chi connectivity index (χ3v) is 19.1. The van der Waals surface area contributed by atoms with Crippen molar-refractivity contribution in [1.82, 2.24) is 0 Å². The highest BCUT2D eigenvalue weighted by Gasteiger charge is 2.30. The summed E-state index contributed by atoms with van der Waals surface area (Å²) in [4.78, 5) is 72.6. The second-order valence-corrected chi connectivity index (χ2v) is 30.9. The van der Waals surface area contributed by atoms with Crippen molar-refractivity contribution in [1.29, 1.82) is 0 Å². The number of hydrogen-bond donors (Lipinski definition) is 3. The first-order valence-electron chi connectivity index (χ1n) is 37.7. The van der Waals surface area contributed by atoms with Gasteiger partial charge >= 0.3 is 39.5 Å². The Morgan fingerprint density at radius 2 is 0.522 bits per heavy atom. The number of rotatable bonds is 70. The van der Waals surface area contributed by atoms with Crippen LogP contribution in [0.3, 0.4) is 0 Å². The van der Waals surface area contributed by atoms with Gasteiger partial charge in [0.15, 0.2) is 12.2 Å². The molecule has 0 aromatic rings. The zero-order chi connectivity index (χ0) is 68.2. The fraction of sp³-hybridized carbons (Fsp3) is 0.945. The van der Waals surface area contributed by atoms with Gasteiger partial charge in [0.1, 0.15) is 19.3 Å². The van der Waals surface area contributed by atoms with Gasteiger partial charge in [-0.3, -0.25) is 37.3 Å². The molecule has 0 aromatic carbocycles. The van der Waals surface area contributed by atoms with Gasteiger partial charge in [-0.2, -0.15) is 0 Å². The largest absolute Gasteiger partial charge is 0.472 e. The molecule has 0 radical (unpaired) electrons. The van der Waals surface area contributed by atoms with Crippen molar-refractivity contribution in [2.24, 2.45) is 23.7 Å². The Hall–Kier alpha value is -1.94. The normalized spacial score (nSPS) is 14.5. The highest BCUT2D eigenvalue weighted by molar-refractivity contribution is 7.47. The second kappa shape index (κ2) is 62.6. The molecule has 0 aromatic heterocycles. The number of esters is 4. The summed E-state index contributed by atoms with van der Waals surface area (Å²) in [7, 11) is -9.91. The number of aliphatic hydroxyl groups excluding tert-OH is 1. The zero-order valence-corrected chi connectivity index (χ0v) is 62.0. The van der Waals surface area contributed by atoms with Crippen LogP contribution in [-0.2, 0) is 65.4 Å². The van der Waals surface area contributed by atoms with Crippen LogP contribution >= 0.6 is 15.6 Å². The molecule has 19 heteroatoms. The van der Waals surface area contributed by atoms with Crippen molar-refractivity contribution in [3.8, 4) is 0 Å². The summed E-state index contributed by atoms with van der Waals surface area (Å²) in [6, 6.07) is 0. The molecule has 3 N–H and O–H groups in total. The van der Waals surface area contributed by atoms with Gasteiger partial charge < -0.3 is 33.8 Å². The summed E-state index contributed by atoms with van der Waals surface area (Å²) >= 11 is 0. The first kappa shape index (κ1) is 90.1. The smallest absolute Gasteiger partial charge is 0.462 e. The Balaban J connectivity index is 5.22. The van der Waals surface area contributed by atoms with Crippen LogP contribution < -0.4 is 0 Å². The van der Waals surface area contributed by atoms with E-state index in [0.717, 1.165) is 108 Å². The van der Waals surface area contributed by atoms with Gasteiger partial charge in [0.25, 0.3) is 0 Å². The van der Waals surface area contributed by atoms with Crippen LogP contribution in [0.15, 0.2) is 0 Å². The van der Waals surface area contributed by atoms with Gasteiger partial charge in [-0.1, -0.05) is 312 Å². The van der Waals surface area contributed by atoms with Crippen molar-refractivity contribution in [3.05, 3.63) is 0 Å². The maximum Gasteiger partial charge on any atom is 0.472 e. The molecule has 4 unspecified atom stereocenters. The predicted molar refractivity (Wildman–Crippen MR) is 372 cm³/mol. The monoisotopic (exact) mass is 1350 g/mol. The average molecular weight is 1350 g/mol. The van der Waals surface area contributed by atoms with Crippen LogP contribution in [-0.4, -0.2) is 96.7 Å². The highest BCUT2D eigenvalue weighted by Crippen LogP contribution is 2.45. The lowest BCUT2D eigenvalue weighted by Crippen LogP contribution is -2.30. The van der Waals surface area contributed by atoms with E-state index < -0.39 is 97.5 Å². The van der Waals surface area contributed by atoms with Crippen molar-refractivity contribution in [2.45, 2.75) is 382 Å². The van der Waals surface area contributed by atoms with Crippen molar-refractivity contribution in [3.63, 3.8) is 0 Å². The minimum Gasteiger partial charge on any atom is -0.462 e. The Bertz CT molecular complexity index is 1820. The molecule has 0 bridgehead atoms. The van der Waals surface area contributed by atoms with Gasteiger partial charge in [0.05, 0.1) is 26.4 Å². The van der Waals surface area contributed by atoms with E-state index in [9.17, 15) is 43.2 Å². The fourth-order valence-corrected chi connectivity index (χ4v) is 12.6.